The molecule has 0 radical (unpaired) electrons. The zero-order valence-corrected chi connectivity index (χ0v) is 23.7. The number of aromatic nitrogens is 2. The van der Waals surface area contributed by atoms with Gasteiger partial charge in [-0.1, -0.05) is 78.9 Å². The number of fused-ring (bicyclic) bond motifs is 2. The second-order valence-corrected chi connectivity index (χ2v) is 13.6. The Hall–Kier alpha value is -5.32. The third-order valence-corrected chi connectivity index (χ3v) is 12.2. The van der Waals surface area contributed by atoms with Crippen molar-refractivity contribution in [2.24, 2.45) is 0 Å². The number of benzene rings is 6. The lowest BCUT2D eigenvalue weighted by Crippen LogP contribution is -2.48. The lowest BCUT2D eigenvalue weighted by Gasteiger charge is -2.31. The number of nitrogens with zero attached hydrogens (tertiary/aromatic N) is 2. The summed E-state index contributed by atoms with van der Waals surface area (Å²) in [5.41, 5.74) is 0.403. The van der Waals surface area contributed by atoms with E-state index < -0.39 is 18.5 Å². The van der Waals surface area contributed by atoms with Crippen LogP contribution in [-0.2, 0) is 0 Å². The molecule has 43 heavy (non-hydrogen) atoms. The largest absolute Gasteiger partial charge is 0.805 e. The van der Waals surface area contributed by atoms with Crippen LogP contribution in [0.5, 0.6) is 0 Å². The van der Waals surface area contributed by atoms with Crippen LogP contribution < -0.4 is 31.4 Å². The molecular formula is C36H24FN2O3P. The zero-order valence-electron chi connectivity index (χ0n) is 22.8. The smallest absolute Gasteiger partial charge is 0.245 e. The third kappa shape index (κ3) is 4.10. The highest BCUT2D eigenvalue weighted by molar-refractivity contribution is 8.01. The molecule has 5 aromatic carbocycles. The molecular weight excluding hydrogens is 558 g/mol. The average Bonchev–Trinajstić information content (AvgIpc) is 3.06. The van der Waals surface area contributed by atoms with Crippen molar-refractivity contribution in [3.63, 3.8) is 0 Å². The summed E-state index contributed by atoms with van der Waals surface area (Å²) in [4.78, 5) is 15.1. The highest BCUT2D eigenvalue weighted by Crippen LogP contribution is 2.55. The fraction of sp³-hybridized carbons (Fsp3) is 0. The SMILES string of the molecule is O=c1c(-c2cccc(F)c2)cc2[n+]([O-])c3ccccc3n([O-])c-2c1[P+](c1ccccc1)(c1ccccc1)c1ccccc1. The Morgan fingerprint density at radius 2 is 1.19 bits per heavy atom. The Bertz CT molecular complexity index is 2040. The van der Waals surface area contributed by atoms with Crippen LogP contribution in [0.2, 0.25) is 0 Å². The van der Waals surface area contributed by atoms with Crippen molar-refractivity contribution in [3.05, 3.63) is 172 Å². The van der Waals surface area contributed by atoms with Gasteiger partial charge in [-0.15, -0.1) is 0 Å². The molecule has 0 bridgehead atoms. The van der Waals surface area contributed by atoms with E-state index in [9.17, 15) is 14.8 Å². The summed E-state index contributed by atoms with van der Waals surface area (Å²) in [6.07, 6.45) is 0. The molecule has 0 saturated carbocycles. The van der Waals surface area contributed by atoms with Crippen molar-refractivity contribution in [3.8, 4) is 22.5 Å². The standard InChI is InChI=1S/C36H24FN2O3P/c37-26-14-12-13-25(23-26)30-24-33-34(39(42)32-22-11-10-21-31(32)38(33)41)36(35(30)40)43(27-15-4-1-5-16-27,28-17-6-2-7-18-28)29-19-8-3-9-20-29/h1-24H. The highest BCUT2D eigenvalue weighted by atomic mass is 31.2. The summed E-state index contributed by atoms with van der Waals surface area (Å²) in [5.74, 6) is -0.513. The van der Waals surface area contributed by atoms with Gasteiger partial charge in [0.1, 0.15) is 27.2 Å². The van der Waals surface area contributed by atoms with E-state index in [0.717, 1.165) is 15.9 Å². The number of para-hydroxylation sites is 2. The van der Waals surface area contributed by atoms with Gasteiger partial charge in [-0.25, -0.2) is 4.39 Å². The summed E-state index contributed by atoms with van der Waals surface area (Å²) in [7, 11) is -3.15. The van der Waals surface area contributed by atoms with Crippen LogP contribution in [0.3, 0.4) is 0 Å². The summed E-state index contributed by atoms with van der Waals surface area (Å²) >= 11 is 0. The molecule has 1 aliphatic carbocycles. The quantitative estimate of drug-likeness (QED) is 0.116. The lowest BCUT2D eigenvalue weighted by atomic mass is 10.0. The van der Waals surface area contributed by atoms with Crippen LogP contribution in [0.25, 0.3) is 33.5 Å². The maximum absolute atomic E-state index is 15.1. The molecule has 0 aromatic heterocycles. The second-order valence-electron chi connectivity index (χ2n) is 10.2. The Morgan fingerprint density at radius 3 is 1.74 bits per heavy atom. The summed E-state index contributed by atoms with van der Waals surface area (Å²) < 4.78 is 16.0. The van der Waals surface area contributed by atoms with Gasteiger partial charge in [0, 0.05) is 17.7 Å². The van der Waals surface area contributed by atoms with E-state index >= 15 is 4.79 Å². The maximum Gasteiger partial charge on any atom is 0.245 e. The van der Waals surface area contributed by atoms with Crippen LogP contribution in [0.1, 0.15) is 0 Å². The molecule has 7 rings (SSSR count). The summed E-state index contributed by atoms with van der Waals surface area (Å²) in [6, 6.07) is 42.7. The lowest BCUT2D eigenvalue weighted by molar-refractivity contribution is -0.565. The normalized spacial score (nSPS) is 11.7. The predicted molar refractivity (Wildman–Crippen MR) is 173 cm³/mol. The minimum atomic E-state index is -3.15. The number of rotatable bonds is 5. The predicted octanol–water partition coefficient (Wildman–Crippen LogP) is 5.51. The minimum absolute atomic E-state index is 0.00347. The van der Waals surface area contributed by atoms with Gasteiger partial charge in [-0.2, -0.15) is 4.73 Å². The third-order valence-electron chi connectivity index (χ3n) is 7.85. The first-order valence-electron chi connectivity index (χ1n) is 13.8. The first kappa shape index (κ1) is 26.6. The molecule has 0 saturated heterocycles. The van der Waals surface area contributed by atoms with Crippen LogP contribution in [0.15, 0.2) is 150 Å². The Kier molecular flexibility index (Phi) is 6.49. The first-order chi connectivity index (χ1) is 21.0. The molecule has 0 unspecified atom stereocenters. The Balaban J connectivity index is 1.79. The maximum atomic E-state index is 15.1. The van der Waals surface area contributed by atoms with Crippen molar-refractivity contribution >= 4 is 39.5 Å². The fourth-order valence-corrected chi connectivity index (χ4v) is 10.5. The number of halogens is 1. The monoisotopic (exact) mass is 582 g/mol. The Morgan fingerprint density at radius 1 is 0.651 bits per heavy atom. The van der Waals surface area contributed by atoms with Gasteiger partial charge < -0.3 is 15.1 Å². The zero-order chi connectivity index (χ0) is 29.6. The molecule has 0 amide bonds. The van der Waals surface area contributed by atoms with E-state index in [-0.39, 0.29) is 33.3 Å². The molecule has 208 valence electrons. The van der Waals surface area contributed by atoms with E-state index in [1.807, 2.05) is 91.0 Å². The van der Waals surface area contributed by atoms with Crippen molar-refractivity contribution < 1.29 is 9.12 Å². The molecule has 2 aliphatic rings. The molecule has 0 spiro atoms. The minimum Gasteiger partial charge on any atom is -0.805 e. The van der Waals surface area contributed by atoms with Crippen molar-refractivity contribution in [1.29, 1.82) is 0 Å². The van der Waals surface area contributed by atoms with Crippen molar-refractivity contribution in [2.45, 2.75) is 0 Å². The fourth-order valence-electron chi connectivity index (χ4n) is 6.01. The summed E-state index contributed by atoms with van der Waals surface area (Å²) in [6.45, 7) is 0. The van der Waals surface area contributed by atoms with Crippen LogP contribution in [0, 0.1) is 16.2 Å². The molecule has 0 N–H and O–H groups in total. The van der Waals surface area contributed by atoms with Crippen molar-refractivity contribution in [1.82, 2.24) is 4.73 Å². The number of hydrogen-bond donors (Lipinski definition) is 0. The van der Waals surface area contributed by atoms with Crippen LogP contribution in [0.4, 0.5) is 4.39 Å². The van der Waals surface area contributed by atoms with Crippen LogP contribution >= 0.6 is 7.26 Å². The van der Waals surface area contributed by atoms with Crippen molar-refractivity contribution in [2.75, 3.05) is 0 Å². The van der Waals surface area contributed by atoms with E-state index in [4.69, 9.17) is 0 Å². The molecule has 5 nitrogen and oxygen atoms in total. The van der Waals surface area contributed by atoms with Gasteiger partial charge in [-0.05, 0) is 60.2 Å². The van der Waals surface area contributed by atoms with Crippen LogP contribution in [-0.4, -0.2) is 4.73 Å². The average molecular weight is 583 g/mol. The van der Waals surface area contributed by atoms with Gasteiger partial charge in [0.15, 0.2) is 18.3 Å². The highest BCUT2D eigenvalue weighted by Gasteiger charge is 2.53. The molecule has 0 atom stereocenters. The Labute approximate surface area is 247 Å². The second kappa shape index (κ2) is 10.5. The molecule has 7 heteroatoms. The van der Waals surface area contributed by atoms with Gasteiger partial charge in [0.2, 0.25) is 16.6 Å². The molecule has 1 aliphatic heterocycles. The van der Waals surface area contributed by atoms with Gasteiger partial charge in [0.05, 0.1) is 0 Å². The molecule has 5 aromatic rings. The first-order valence-corrected chi connectivity index (χ1v) is 15.5. The van der Waals surface area contributed by atoms with Gasteiger partial charge >= 0.3 is 0 Å². The van der Waals surface area contributed by atoms with Gasteiger partial charge in [-0.3, -0.25) is 4.79 Å². The van der Waals surface area contributed by atoms with E-state index in [2.05, 4.69) is 0 Å². The summed E-state index contributed by atoms with van der Waals surface area (Å²) in [5, 5.41) is 31.3. The van der Waals surface area contributed by atoms with Gasteiger partial charge in [0.25, 0.3) is 0 Å². The van der Waals surface area contributed by atoms with E-state index in [1.54, 1.807) is 30.3 Å². The number of hydrogen-bond acceptors (Lipinski definition) is 3. The topological polar surface area (TPSA) is 72.0 Å². The molecule has 0 fully saturated rings. The van der Waals surface area contributed by atoms with E-state index in [1.165, 1.54) is 24.3 Å². The molecule has 1 heterocycles. The van der Waals surface area contributed by atoms with E-state index in [0.29, 0.717) is 15.0 Å².